The number of rotatable bonds is 3. The van der Waals surface area contributed by atoms with E-state index in [1.54, 1.807) is 19.0 Å². The van der Waals surface area contributed by atoms with Crippen LogP contribution in [0.2, 0.25) is 0 Å². The second-order valence-electron chi connectivity index (χ2n) is 4.20. The van der Waals surface area contributed by atoms with Crippen molar-refractivity contribution >= 4 is 17.7 Å². The number of carbonyl (C=O) groups is 1. The maximum absolute atomic E-state index is 11.6. The van der Waals surface area contributed by atoms with Gasteiger partial charge < -0.3 is 10.2 Å². The number of amides is 1. The van der Waals surface area contributed by atoms with Gasteiger partial charge in [-0.25, -0.2) is 0 Å². The Hall–Kier alpha value is -0.220. The van der Waals surface area contributed by atoms with Crippen LogP contribution in [-0.2, 0) is 4.79 Å². The van der Waals surface area contributed by atoms with E-state index in [0.717, 1.165) is 11.0 Å². The van der Waals surface area contributed by atoms with Gasteiger partial charge in [-0.15, -0.1) is 0 Å². The van der Waals surface area contributed by atoms with E-state index in [-0.39, 0.29) is 11.9 Å². The molecule has 1 N–H and O–H groups in total. The monoisotopic (exact) mass is 216 g/mol. The standard InChI is InChI=1S/C10H20N2OS/c1-7-5-9(6-14-7)11-8(2)10(13)12(3)4/h7-9,11H,5-6H2,1-4H3. The van der Waals surface area contributed by atoms with Crippen molar-refractivity contribution in [2.45, 2.75) is 37.6 Å². The van der Waals surface area contributed by atoms with Gasteiger partial charge in [0.05, 0.1) is 6.04 Å². The van der Waals surface area contributed by atoms with Crippen molar-refractivity contribution in [3.63, 3.8) is 0 Å². The molecule has 3 nitrogen and oxygen atoms in total. The van der Waals surface area contributed by atoms with Crippen LogP contribution in [-0.4, -0.2) is 48.0 Å². The number of likely N-dealkylation sites (N-methyl/N-ethyl adjacent to an activating group) is 1. The molecule has 0 bridgehead atoms. The van der Waals surface area contributed by atoms with Crippen LogP contribution in [0.1, 0.15) is 20.3 Å². The van der Waals surface area contributed by atoms with E-state index in [9.17, 15) is 4.79 Å². The second kappa shape index (κ2) is 5.03. The van der Waals surface area contributed by atoms with Gasteiger partial charge in [-0.1, -0.05) is 6.92 Å². The van der Waals surface area contributed by atoms with Crippen LogP contribution >= 0.6 is 11.8 Å². The zero-order valence-corrected chi connectivity index (χ0v) is 10.2. The minimum Gasteiger partial charge on any atom is -0.347 e. The van der Waals surface area contributed by atoms with Crippen molar-refractivity contribution in [2.24, 2.45) is 0 Å². The Kier molecular flexibility index (Phi) is 4.26. The predicted molar refractivity (Wildman–Crippen MR) is 61.6 cm³/mol. The molecule has 1 rings (SSSR count). The maximum Gasteiger partial charge on any atom is 0.238 e. The summed E-state index contributed by atoms with van der Waals surface area (Å²) < 4.78 is 0. The van der Waals surface area contributed by atoms with E-state index in [1.165, 1.54) is 6.42 Å². The van der Waals surface area contributed by atoms with E-state index in [1.807, 2.05) is 18.7 Å². The Morgan fingerprint density at radius 3 is 2.64 bits per heavy atom. The van der Waals surface area contributed by atoms with Crippen LogP contribution in [0.15, 0.2) is 0 Å². The molecule has 0 saturated carbocycles. The van der Waals surface area contributed by atoms with Crippen LogP contribution < -0.4 is 5.32 Å². The number of thioether (sulfide) groups is 1. The van der Waals surface area contributed by atoms with Crippen LogP contribution in [0.3, 0.4) is 0 Å². The topological polar surface area (TPSA) is 32.3 Å². The molecule has 0 spiro atoms. The molecule has 0 aromatic heterocycles. The third-order valence-electron chi connectivity index (χ3n) is 2.50. The fraction of sp³-hybridized carbons (Fsp3) is 0.900. The van der Waals surface area contributed by atoms with E-state index < -0.39 is 0 Å². The Morgan fingerprint density at radius 1 is 1.57 bits per heavy atom. The highest BCUT2D eigenvalue weighted by Gasteiger charge is 2.25. The maximum atomic E-state index is 11.6. The molecule has 1 saturated heterocycles. The van der Waals surface area contributed by atoms with E-state index >= 15 is 0 Å². The Morgan fingerprint density at radius 2 is 2.21 bits per heavy atom. The summed E-state index contributed by atoms with van der Waals surface area (Å²) in [5.74, 6) is 1.29. The first-order chi connectivity index (χ1) is 6.50. The van der Waals surface area contributed by atoms with Crippen molar-refractivity contribution in [3.05, 3.63) is 0 Å². The molecule has 0 aliphatic carbocycles. The molecule has 0 aromatic carbocycles. The van der Waals surface area contributed by atoms with Crippen molar-refractivity contribution in [1.29, 1.82) is 0 Å². The summed E-state index contributed by atoms with van der Waals surface area (Å²) >= 11 is 1.98. The average molecular weight is 216 g/mol. The number of hydrogen-bond acceptors (Lipinski definition) is 3. The van der Waals surface area contributed by atoms with Gasteiger partial charge in [-0.2, -0.15) is 11.8 Å². The number of carbonyl (C=O) groups excluding carboxylic acids is 1. The molecule has 1 aliphatic heterocycles. The van der Waals surface area contributed by atoms with Crippen LogP contribution in [0, 0.1) is 0 Å². The summed E-state index contributed by atoms with van der Waals surface area (Å²) in [6.45, 7) is 4.18. The largest absolute Gasteiger partial charge is 0.347 e. The lowest BCUT2D eigenvalue weighted by Crippen LogP contribution is -2.46. The lowest BCUT2D eigenvalue weighted by atomic mass is 10.1. The molecule has 1 heterocycles. The van der Waals surface area contributed by atoms with Crippen LogP contribution in [0.4, 0.5) is 0 Å². The zero-order valence-electron chi connectivity index (χ0n) is 9.41. The molecule has 1 aliphatic rings. The molecule has 4 heteroatoms. The highest BCUT2D eigenvalue weighted by Crippen LogP contribution is 2.26. The molecule has 14 heavy (non-hydrogen) atoms. The minimum absolute atomic E-state index is 0.0547. The molecule has 1 fully saturated rings. The van der Waals surface area contributed by atoms with Gasteiger partial charge in [0, 0.05) is 31.1 Å². The molecular weight excluding hydrogens is 196 g/mol. The summed E-state index contributed by atoms with van der Waals surface area (Å²) in [4.78, 5) is 13.2. The lowest BCUT2D eigenvalue weighted by Gasteiger charge is -2.21. The highest BCUT2D eigenvalue weighted by molar-refractivity contribution is 8.00. The first-order valence-corrected chi connectivity index (χ1v) is 6.14. The molecule has 82 valence electrons. The number of hydrogen-bond donors (Lipinski definition) is 1. The smallest absolute Gasteiger partial charge is 0.238 e. The number of nitrogens with zero attached hydrogens (tertiary/aromatic N) is 1. The highest BCUT2D eigenvalue weighted by atomic mass is 32.2. The second-order valence-corrected chi connectivity index (χ2v) is 5.67. The molecule has 0 aromatic rings. The zero-order chi connectivity index (χ0) is 10.7. The van der Waals surface area contributed by atoms with Crippen molar-refractivity contribution in [2.75, 3.05) is 19.8 Å². The van der Waals surface area contributed by atoms with Crippen molar-refractivity contribution in [1.82, 2.24) is 10.2 Å². The van der Waals surface area contributed by atoms with Gasteiger partial charge in [0.15, 0.2) is 0 Å². The minimum atomic E-state index is -0.0547. The van der Waals surface area contributed by atoms with E-state index in [4.69, 9.17) is 0 Å². The normalized spacial score (nSPS) is 28.9. The van der Waals surface area contributed by atoms with Gasteiger partial charge in [0.2, 0.25) is 5.91 Å². The summed E-state index contributed by atoms with van der Waals surface area (Å²) in [7, 11) is 3.60. The van der Waals surface area contributed by atoms with Crippen molar-refractivity contribution < 1.29 is 4.79 Å². The van der Waals surface area contributed by atoms with Gasteiger partial charge in [-0.3, -0.25) is 4.79 Å². The molecular formula is C10H20N2OS. The predicted octanol–water partition coefficient (Wildman–Crippen LogP) is 0.947. The number of nitrogens with one attached hydrogen (secondary N) is 1. The van der Waals surface area contributed by atoms with Crippen LogP contribution in [0.5, 0.6) is 0 Å². The van der Waals surface area contributed by atoms with E-state index in [2.05, 4.69) is 12.2 Å². The van der Waals surface area contributed by atoms with Gasteiger partial charge in [-0.05, 0) is 13.3 Å². The average Bonchev–Trinajstić information content (AvgIpc) is 2.49. The Labute approximate surface area is 90.6 Å². The summed E-state index contributed by atoms with van der Waals surface area (Å²) in [6, 6.07) is 0.454. The summed E-state index contributed by atoms with van der Waals surface area (Å²) in [5.41, 5.74) is 0. The van der Waals surface area contributed by atoms with Gasteiger partial charge in [0.1, 0.15) is 0 Å². The molecule has 0 radical (unpaired) electrons. The quantitative estimate of drug-likeness (QED) is 0.762. The van der Waals surface area contributed by atoms with E-state index in [0.29, 0.717) is 6.04 Å². The Bertz CT molecular complexity index is 208. The summed E-state index contributed by atoms with van der Waals surface area (Å²) in [6.07, 6.45) is 1.18. The Balaban J connectivity index is 2.33. The lowest BCUT2D eigenvalue weighted by molar-refractivity contribution is -0.130. The molecule has 1 amide bonds. The molecule has 3 atom stereocenters. The van der Waals surface area contributed by atoms with Gasteiger partial charge in [0.25, 0.3) is 0 Å². The fourth-order valence-electron chi connectivity index (χ4n) is 1.75. The van der Waals surface area contributed by atoms with Crippen molar-refractivity contribution in [3.8, 4) is 0 Å². The first kappa shape index (κ1) is 11.9. The third-order valence-corrected chi connectivity index (χ3v) is 3.85. The summed E-state index contributed by atoms with van der Waals surface area (Å²) in [5, 5.41) is 4.11. The first-order valence-electron chi connectivity index (χ1n) is 5.09. The molecule has 3 unspecified atom stereocenters. The fourth-order valence-corrected chi connectivity index (χ4v) is 2.91. The van der Waals surface area contributed by atoms with Gasteiger partial charge >= 0.3 is 0 Å². The third kappa shape index (κ3) is 3.17. The SMILES string of the molecule is CC1CC(NC(C)C(=O)N(C)C)CS1. The van der Waals surface area contributed by atoms with Crippen LogP contribution in [0.25, 0.3) is 0 Å².